The van der Waals surface area contributed by atoms with E-state index in [1.165, 1.54) is 61.3 Å². The molecule has 4 aromatic rings. The van der Waals surface area contributed by atoms with Gasteiger partial charge in [-0.2, -0.15) is 0 Å². The van der Waals surface area contributed by atoms with Gasteiger partial charge in [-0.25, -0.2) is 0 Å². The van der Waals surface area contributed by atoms with Crippen LogP contribution < -0.4 is 11.1 Å². The SMILES string of the molecule is Cc1c(CCC(N)c2ccc3c(c2)C=C(C2=CC=C4CCc5cccnc5C4N2)CC3)ccc2cccnc12. The van der Waals surface area contributed by atoms with Crippen LogP contribution in [0.1, 0.15) is 70.4 Å². The van der Waals surface area contributed by atoms with Crippen LogP contribution in [0.3, 0.4) is 0 Å². The van der Waals surface area contributed by atoms with Crippen molar-refractivity contribution < 1.29 is 0 Å². The van der Waals surface area contributed by atoms with Gasteiger partial charge < -0.3 is 11.1 Å². The second-order valence-corrected chi connectivity index (χ2v) is 11.1. The van der Waals surface area contributed by atoms with Crippen molar-refractivity contribution in [3.05, 3.63) is 135 Å². The van der Waals surface area contributed by atoms with E-state index in [-0.39, 0.29) is 12.1 Å². The molecule has 7 rings (SSSR count). The van der Waals surface area contributed by atoms with Gasteiger partial charge in [0.15, 0.2) is 0 Å². The second-order valence-electron chi connectivity index (χ2n) is 11.1. The summed E-state index contributed by atoms with van der Waals surface area (Å²) in [6, 6.07) is 19.8. The average molecular weight is 511 g/mol. The van der Waals surface area contributed by atoms with E-state index < -0.39 is 0 Å². The van der Waals surface area contributed by atoms with Crippen LogP contribution in [-0.4, -0.2) is 9.97 Å². The van der Waals surface area contributed by atoms with Crippen LogP contribution >= 0.6 is 0 Å². The Hall–Kier alpha value is -4.02. The average Bonchev–Trinajstić information content (AvgIpc) is 3.00. The quantitative estimate of drug-likeness (QED) is 0.303. The lowest BCUT2D eigenvalue weighted by Gasteiger charge is -2.33. The molecule has 0 spiro atoms. The van der Waals surface area contributed by atoms with E-state index in [2.05, 4.69) is 84.0 Å². The van der Waals surface area contributed by atoms with Gasteiger partial charge in [0.1, 0.15) is 0 Å². The number of hydrogen-bond acceptors (Lipinski definition) is 4. The summed E-state index contributed by atoms with van der Waals surface area (Å²) in [5, 5.41) is 5.03. The lowest BCUT2D eigenvalue weighted by molar-refractivity contribution is 0.587. The maximum Gasteiger partial charge on any atom is 0.0905 e. The summed E-state index contributed by atoms with van der Waals surface area (Å²) in [6.07, 6.45) is 16.9. The van der Waals surface area contributed by atoms with E-state index in [0.717, 1.165) is 44.0 Å². The zero-order valence-corrected chi connectivity index (χ0v) is 22.5. The minimum Gasteiger partial charge on any atom is -0.373 e. The molecule has 1 aliphatic heterocycles. The van der Waals surface area contributed by atoms with Crippen LogP contribution in [0.5, 0.6) is 0 Å². The molecule has 0 saturated carbocycles. The summed E-state index contributed by atoms with van der Waals surface area (Å²) >= 11 is 0. The molecule has 2 aromatic heterocycles. The topological polar surface area (TPSA) is 63.8 Å². The minimum absolute atomic E-state index is 0.00441. The third-order valence-corrected chi connectivity index (χ3v) is 8.82. The largest absolute Gasteiger partial charge is 0.373 e. The molecule has 39 heavy (non-hydrogen) atoms. The van der Waals surface area contributed by atoms with E-state index in [1.54, 1.807) is 0 Å². The van der Waals surface area contributed by atoms with E-state index in [0.29, 0.717) is 0 Å². The second kappa shape index (κ2) is 9.94. The van der Waals surface area contributed by atoms with Crippen molar-refractivity contribution in [2.75, 3.05) is 0 Å². The highest BCUT2D eigenvalue weighted by atomic mass is 15.0. The molecular weight excluding hydrogens is 476 g/mol. The van der Waals surface area contributed by atoms with Crippen LogP contribution in [0.15, 0.2) is 96.0 Å². The Morgan fingerprint density at radius 3 is 2.74 bits per heavy atom. The molecular formula is C35H34N4. The summed E-state index contributed by atoms with van der Waals surface area (Å²) in [5.41, 5.74) is 20.9. The first-order valence-corrected chi connectivity index (χ1v) is 14.2. The van der Waals surface area contributed by atoms with Crippen molar-refractivity contribution in [1.82, 2.24) is 15.3 Å². The molecule has 0 radical (unpaired) electrons. The summed E-state index contributed by atoms with van der Waals surface area (Å²) < 4.78 is 0. The molecule has 3 N–H and O–H groups in total. The number of aromatic nitrogens is 2. The van der Waals surface area contributed by atoms with E-state index >= 15 is 0 Å². The van der Waals surface area contributed by atoms with Crippen LogP contribution in [0.25, 0.3) is 17.0 Å². The number of pyridine rings is 2. The number of hydrogen-bond donors (Lipinski definition) is 2. The Morgan fingerprint density at radius 1 is 0.923 bits per heavy atom. The summed E-state index contributed by atoms with van der Waals surface area (Å²) in [6.45, 7) is 2.18. The fourth-order valence-electron chi connectivity index (χ4n) is 6.48. The molecule has 2 aliphatic carbocycles. The van der Waals surface area contributed by atoms with Gasteiger partial charge >= 0.3 is 0 Å². The zero-order valence-electron chi connectivity index (χ0n) is 22.5. The smallest absolute Gasteiger partial charge is 0.0905 e. The number of aryl methyl sites for hydroxylation is 4. The van der Waals surface area contributed by atoms with Crippen molar-refractivity contribution in [2.45, 2.75) is 57.5 Å². The number of dihydropyridines is 1. The lowest BCUT2D eigenvalue weighted by atomic mass is 9.83. The number of nitrogens with one attached hydrogen (secondary N) is 1. The minimum atomic E-state index is -0.00441. The molecule has 2 unspecified atom stereocenters. The third-order valence-electron chi connectivity index (χ3n) is 8.82. The Bertz CT molecular complexity index is 1680. The zero-order chi connectivity index (χ0) is 26.3. The first-order chi connectivity index (χ1) is 19.1. The standard InChI is InChI=1S/C35H34N4/c1-22-23(6-9-25-4-2-18-37-33(22)25)14-16-31(36)28-12-7-24-8-13-29(21-30(24)20-28)32-17-15-27-11-10-26-5-3-19-38-34(26)35(27)39-32/h2-7,9,12,15,17-21,31,35,39H,8,10-11,13-14,16,36H2,1H3. The maximum atomic E-state index is 6.76. The Morgan fingerprint density at radius 2 is 1.79 bits per heavy atom. The summed E-state index contributed by atoms with van der Waals surface area (Å²) in [7, 11) is 0. The van der Waals surface area contributed by atoms with Crippen molar-refractivity contribution >= 4 is 17.0 Å². The van der Waals surface area contributed by atoms with Crippen LogP contribution in [-0.2, 0) is 19.3 Å². The molecule has 4 heteroatoms. The van der Waals surface area contributed by atoms with Gasteiger partial charge in [-0.1, -0.05) is 42.5 Å². The van der Waals surface area contributed by atoms with Gasteiger partial charge in [0.2, 0.25) is 0 Å². The summed E-state index contributed by atoms with van der Waals surface area (Å²) in [4.78, 5) is 9.34. The Labute approximate surface area is 230 Å². The van der Waals surface area contributed by atoms with Crippen molar-refractivity contribution in [2.24, 2.45) is 5.73 Å². The molecule has 0 saturated heterocycles. The molecule has 0 fully saturated rings. The lowest BCUT2D eigenvalue weighted by Crippen LogP contribution is -2.30. The molecule has 2 atom stereocenters. The number of nitrogens with two attached hydrogens (primary N) is 1. The molecule has 0 amide bonds. The van der Waals surface area contributed by atoms with Crippen molar-refractivity contribution in [3.63, 3.8) is 0 Å². The number of fused-ring (bicyclic) bond motifs is 5. The fraction of sp³-hybridized carbons (Fsp3) is 0.257. The molecule has 3 heterocycles. The predicted molar refractivity (Wildman–Crippen MR) is 159 cm³/mol. The first-order valence-electron chi connectivity index (χ1n) is 14.2. The normalized spacial score (nSPS) is 18.6. The van der Waals surface area contributed by atoms with Gasteiger partial charge in [-0.05, 0) is 120 Å². The van der Waals surface area contributed by atoms with E-state index in [9.17, 15) is 0 Å². The van der Waals surface area contributed by atoms with E-state index in [1.807, 2.05) is 18.5 Å². The Balaban J connectivity index is 1.10. The molecule has 2 aromatic carbocycles. The van der Waals surface area contributed by atoms with Gasteiger partial charge in [0, 0.05) is 29.5 Å². The van der Waals surface area contributed by atoms with Gasteiger partial charge in [-0.15, -0.1) is 0 Å². The number of allylic oxidation sites excluding steroid dienone is 3. The molecule has 3 aliphatic rings. The highest BCUT2D eigenvalue weighted by Gasteiger charge is 2.29. The maximum absolute atomic E-state index is 6.76. The molecule has 194 valence electrons. The van der Waals surface area contributed by atoms with Crippen LogP contribution in [0.4, 0.5) is 0 Å². The van der Waals surface area contributed by atoms with Gasteiger partial charge in [-0.3, -0.25) is 9.97 Å². The first kappa shape index (κ1) is 24.1. The monoisotopic (exact) mass is 510 g/mol. The van der Waals surface area contributed by atoms with Crippen LogP contribution in [0.2, 0.25) is 0 Å². The fourth-order valence-corrected chi connectivity index (χ4v) is 6.48. The molecule has 0 bridgehead atoms. The summed E-state index contributed by atoms with van der Waals surface area (Å²) in [5.74, 6) is 0. The van der Waals surface area contributed by atoms with Crippen LogP contribution in [0, 0.1) is 6.92 Å². The Kier molecular flexibility index (Phi) is 6.13. The number of benzene rings is 2. The van der Waals surface area contributed by atoms with Crippen molar-refractivity contribution in [3.8, 4) is 0 Å². The van der Waals surface area contributed by atoms with E-state index in [4.69, 9.17) is 10.7 Å². The highest BCUT2D eigenvalue weighted by molar-refractivity contribution is 5.82. The third kappa shape index (κ3) is 4.49. The number of nitrogens with zero attached hydrogens (tertiary/aromatic N) is 2. The van der Waals surface area contributed by atoms with Gasteiger partial charge in [0.25, 0.3) is 0 Å². The van der Waals surface area contributed by atoms with Gasteiger partial charge in [0.05, 0.1) is 17.3 Å². The van der Waals surface area contributed by atoms with Crippen molar-refractivity contribution in [1.29, 1.82) is 0 Å². The molecule has 4 nitrogen and oxygen atoms in total. The number of rotatable bonds is 5. The highest BCUT2D eigenvalue weighted by Crippen LogP contribution is 2.38. The predicted octanol–water partition coefficient (Wildman–Crippen LogP) is 7.00.